The summed E-state index contributed by atoms with van der Waals surface area (Å²) in [5, 5.41) is 3.10. The van der Waals surface area contributed by atoms with Crippen LogP contribution < -0.4 is 11.1 Å². The van der Waals surface area contributed by atoms with E-state index >= 15 is 0 Å². The van der Waals surface area contributed by atoms with Crippen molar-refractivity contribution in [3.05, 3.63) is 35.4 Å². The minimum atomic E-state index is 0.161. The van der Waals surface area contributed by atoms with Gasteiger partial charge in [-0.25, -0.2) is 0 Å². The number of hydrogen-bond donors (Lipinski definition) is 2. The van der Waals surface area contributed by atoms with Crippen molar-refractivity contribution in [2.24, 2.45) is 5.73 Å². The lowest BCUT2D eigenvalue weighted by atomic mass is 10.0. The van der Waals surface area contributed by atoms with Crippen LogP contribution in [0.15, 0.2) is 24.3 Å². The zero-order valence-electron chi connectivity index (χ0n) is 15.8. The van der Waals surface area contributed by atoms with Crippen LogP contribution >= 0.6 is 0 Å². The van der Waals surface area contributed by atoms with Crippen LogP contribution in [-0.2, 0) is 17.9 Å². The minimum Gasteiger partial charge on any atom is -0.352 e. The second kappa shape index (κ2) is 11.3. The number of nitrogens with one attached hydrogen (secondary N) is 1. The van der Waals surface area contributed by atoms with Crippen LogP contribution in [0.4, 0.5) is 0 Å². The Kier molecular flexibility index (Phi) is 8.98. The van der Waals surface area contributed by atoms with E-state index in [4.69, 9.17) is 5.73 Å². The number of likely N-dealkylation sites (tertiary alicyclic amines) is 1. The van der Waals surface area contributed by atoms with Gasteiger partial charge in [-0.2, -0.15) is 0 Å². The van der Waals surface area contributed by atoms with Crippen molar-refractivity contribution in [2.45, 2.75) is 77.4 Å². The molecule has 0 spiro atoms. The van der Waals surface area contributed by atoms with Gasteiger partial charge in [0.05, 0.1) is 0 Å². The van der Waals surface area contributed by atoms with Gasteiger partial charge in [-0.15, -0.1) is 0 Å². The van der Waals surface area contributed by atoms with Gasteiger partial charge in [0.25, 0.3) is 0 Å². The second-order valence-corrected chi connectivity index (χ2v) is 7.31. The number of piperidine rings is 1. The summed E-state index contributed by atoms with van der Waals surface area (Å²) in [7, 11) is 0. The molecule has 0 aromatic heterocycles. The van der Waals surface area contributed by atoms with E-state index < -0.39 is 0 Å². The van der Waals surface area contributed by atoms with Crippen LogP contribution in [0, 0.1) is 0 Å². The number of nitrogens with two attached hydrogens (primary N) is 1. The lowest BCUT2D eigenvalue weighted by Gasteiger charge is -2.33. The smallest absolute Gasteiger partial charge is 0.220 e. The summed E-state index contributed by atoms with van der Waals surface area (Å²) < 4.78 is 0. The van der Waals surface area contributed by atoms with Crippen LogP contribution in [-0.4, -0.2) is 29.9 Å². The van der Waals surface area contributed by atoms with Crippen molar-refractivity contribution in [3.63, 3.8) is 0 Å². The summed E-state index contributed by atoms with van der Waals surface area (Å²) in [6.07, 6.45) is 8.80. The molecule has 3 N–H and O–H groups in total. The van der Waals surface area contributed by atoms with E-state index in [1.807, 2.05) is 0 Å². The van der Waals surface area contributed by atoms with Crippen molar-refractivity contribution in [2.75, 3.05) is 13.1 Å². The number of carbonyl (C=O) groups is 1. The predicted octanol–water partition coefficient (Wildman–Crippen LogP) is 3.59. The Morgan fingerprint density at radius 1 is 1.16 bits per heavy atom. The first-order chi connectivity index (χ1) is 12.2. The number of nitrogens with zero attached hydrogens (tertiary/aromatic N) is 1. The molecule has 4 nitrogen and oxygen atoms in total. The molecule has 1 unspecified atom stereocenters. The minimum absolute atomic E-state index is 0.161. The number of rotatable bonds is 10. The van der Waals surface area contributed by atoms with E-state index in [9.17, 15) is 4.79 Å². The number of hydrogen-bond acceptors (Lipinski definition) is 3. The standard InChI is InChI=1S/C21H35N3O/c1-18-10-7-9-15-24(18)17-20-12-6-5-11-19(20)16-23-21(25)13-4-2-3-8-14-22/h5-6,11-12,18H,2-4,7-10,13-17,22H2,1H3,(H,23,25). The normalized spacial score (nSPS) is 18.2. The van der Waals surface area contributed by atoms with Gasteiger partial charge in [-0.3, -0.25) is 9.69 Å². The first kappa shape index (κ1) is 19.9. The molecule has 1 aliphatic rings. The third-order valence-electron chi connectivity index (χ3n) is 5.27. The van der Waals surface area contributed by atoms with Crippen molar-refractivity contribution < 1.29 is 4.79 Å². The molecule has 1 fully saturated rings. The van der Waals surface area contributed by atoms with Gasteiger partial charge < -0.3 is 11.1 Å². The highest BCUT2D eigenvalue weighted by atomic mass is 16.1. The quantitative estimate of drug-likeness (QED) is 0.637. The molecule has 25 heavy (non-hydrogen) atoms. The number of carbonyl (C=O) groups excluding carboxylic acids is 1. The molecule has 1 aromatic carbocycles. The zero-order valence-corrected chi connectivity index (χ0v) is 15.8. The Bertz CT molecular complexity index is 518. The van der Waals surface area contributed by atoms with Crippen molar-refractivity contribution in [1.82, 2.24) is 10.2 Å². The molecule has 0 aliphatic carbocycles. The lowest BCUT2D eigenvalue weighted by Crippen LogP contribution is -2.37. The monoisotopic (exact) mass is 345 g/mol. The molecule has 1 atom stereocenters. The van der Waals surface area contributed by atoms with Gasteiger partial charge in [-0.05, 0) is 56.8 Å². The Morgan fingerprint density at radius 3 is 2.68 bits per heavy atom. The van der Waals surface area contributed by atoms with Gasteiger partial charge in [0.15, 0.2) is 0 Å². The van der Waals surface area contributed by atoms with E-state index in [1.54, 1.807) is 0 Å². The van der Waals surface area contributed by atoms with Crippen molar-refractivity contribution in [1.29, 1.82) is 0 Å². The van der Waals surface area contributed by atoms with Crippen LogP contribution in [0.3, 0.4) is 0 Å². The molecule has 0 radical (unpaired) electrons. The Labute approximate surface area is 153 Å². The fourth-order valence-electron chi connectivity index (χ4n) is 3.56. The van der Waals surface area contributed by atoms with Gasteiger partial charge in [0.1, 0.15) is 0 Å². The molecule has 140 valence electrons. The Balaban J connectivity index is 1.78. The summed E-state index contributed by atoms with van der Waals surface area (Å²) in [6.45, 7) is 5.89. The molecular weight excluding hydrogens is 310 g/mol. The molecule has 0 bridgehead atoms. The largest absolute Gasteiger partial charge is 0.352 e. The van der Waals surface area contributed by atoms with Crippen LogP contribution in [0.5, 0.6) is 0 Å². The van der Waals surface area contributed by atoms with E-state index in [2.05, 4.69) is 41.4 Å². The summed E-state index contributed by atoms with van der Waals surface area (Å²) >= 11 is 0. The molecule has 4 heteroatoms. The predicted molar refractivity (Wildman–Crippen MR) is 104 cm³/mol. The lowest BCUT2D eigenvalue weighted by molar-refractivity contribution is -0.121. The van der Waals surface area contributed by atoms with E-state index in [-0.39, 0.29) is 5.91 Å². The van der Waals surface area contributed by atoms with Gasteiger partial charge in [0.2, 0.25) is 5.91 Å². The van der Waals surface area contributed by atoms with E-state index in [0.717, 1.165) is 38.8 Å². The molecule has 1 aromatic rings. The first-order valence-corrected chi connectivity index (χ1v) is 9.98. The highest BCUT2D eigenvalue weighted by Gasteiger charge is 2.19. The van der Waals surface area contributed by atoms with Crippen LogP contribution in [0.25, 0.3) is 0 Å². The van der Waals surface area contributed by atoms with Crippen LogP contribution in [0.2, 0.25) is 0 Å². The SMILES string of the molecule is CC1CCCCN1Cc1ccccc1CNC(=O)CCCCCCN. The second-order valence-electron chi connectivity index (χ2n) is 7.31. The Morgan fingerprint density at radius 2 is 1.92 bits per heavy atom. The molecule has 0 saturated carbocycles. The number of benzene rings is 1. The molecule has 1 aliphatic heterocycles. The average molecular weight is 346 g/mol. The summed E-state index contributed by atoms with van der Waals surface area (Å²) in [5.74, 6) is 0.161. The van der Waals surface area contributed by atoms with Gasteiger partial charge >= 0.3 is 0 Å². The van der Waals surface area contributed by atoms with E-state index in [1.165, 1.54) is 36.9 Å². The Hall–Kier alpha value is -1.39. The third-order valence-corrected chi connectivity index (χ3v) is 5.27. The number of amides is 1. The maximum atomic E-state index is 12.1. The van der Waals surface area contributed by atoms with Crippen molar-refractivity contribution >= 4 is 5.91 Å². The highest BCUT2D eigenvalue weighted by Crippen LogP contribution is 2.20. The zero-order chi connectivity index (χ0) is 17.9. The average Bonchev–Trinajstić information content (AvgIpc) is 2.63. The maximum Gasteiger partial charge on any atom is 0.220 e. The molecule has 2 rings (SSSR count). The fraction of sp³-hybridized carbons (Fsp3) is 0.667. The fourth-order valence-corrected chi connectivity index (χ4v) is 3.56. The molecule has 1 amide bonds. The number of unbranched alkanes of at least 4 members (excludes halogenated alkanes) is 3. The van der Waals surface area contributed by atoms with E-state index in [0.29, 0.717) is 19.0 Å². The third kappa shape index (κ3) is 7.17. The summed E-state index contributed by atoms with van der Waals surface area (Å²) in [6, 6.07) is 9.18. The van der Waals surface area contributed by atoms with Crippen LogP contribution in [0.1, 0.15) is 69.4 Å². The first-order valence-electron chi connectivity index (χ1n) is 9.98. The molecule has 1 saturated heterocycles. The molecule has 1 heterocycles. The van der Waals surface area contributed by atoms with Crippen molar-refractivity contribution in [3.8, 4) is 0 Å². The topological polar surface area (TPSA) is 58.4 Å². The maximum absolute atomic E-state index is 12.1. The molecular formula is C21H35N3O. The summed E-state index contributed by atoms with van der Waals surface area (Å²) in [5.41, 5.74) is 8.08. The highest BCUT2D eigenvalue weighted by molar-refractivity contribution is 5.75. The van der Waals surface area contributed by atoms with Gasteiger partial charge in [0, 0.05) is 25.6 Å². The van der Waals surface area contributed by atoms with Gasteiger partial charge in [-0.1, -0.05) is 43.5 Å². The summed E-state index contributed by atoms with van der Waals surface area (Å²) in [4.78, 5) is 14.6.